The fourth-order valence-corrected chi connectivity index (χ4v) is 5.47. The number of nitrogens with zero attached hydrogens (tertiary/aromatic N) is 3. The highest BCUT2D eigenvalue weighted by atomic mass is 16.5. The number of rotatable bonds is 7. The summed E-state index contributed by atoms with van der Waals surface area (Å²) in [6.45, 7) is 5.60. The van der Waals surface area contributed by atoms with Crippen LogP contribution in [-0.4, -0.2) is 46.0 Å². The summed E-state index contributed by atoms with van der Waals surface area (Å²) in [6, 6.07) is 10.0. The molecule has 1 saturated carbocycles. The van der Waals surface area contributed by atoms with E-state index in [2.05, 4.69) is 45.9 Å². The molecule has 0 N–H and O–H groups in total. The zero-order valence-electron chi connectivity index (χ0n) is 16.6. The molecule has 3 unspecified atom stereocenters. The van der Waals surface area contributed by atoms with Crippen LogP contribution in [0.1, 0.15) is 51.9 Å². The van der Waals surface area contributed by atoms with Crippen LogP contribution < -0.4 is 0 Å². The number of aromatic nitrogens is 2. The highest BCUT2D eigenvalue weighted by molar-refractivity contribution is 5.78. The largest absolute Gasteiger partial charge is 0.378 e. The first kappa shape index (κ1) is 17.7. The van der Waals surface area contributed by atoms with Crippen LogP contribution in [0.4, 0.5) is 0 Å². The Labute approximate surface area is 162 Å². The van der Waals surface area contributed by atoms with Gasteiger partial charge in [-0.2, -0.15) is 5.10 Å². The third kappa shape index (κ3) is 3.66. The van der Waals surface area contributed by atoms with Crippen molar-refractivity contribution in [1.29, 1.82) is 0 Å². The Balaban J connectivity index is 1.16. The Morgan fingerprint density at radius 3 is 2.59 bits per heavy atom. The Kier molecular flexibility index (Phi) is 4.95. The standard InChI is InChI=1S/C23H33N3O/c1-17(15-26-23-8-3-2-7-19(23)13-24-26)14-25-20-9-10-21(25)12-22(11-20)27-16-18-5-4-6-18/h2-3,7-8,13,17-18,20-22H,4-6,9-12,14-16H2,1H3. The lowest BCUT2D eigenvalue weighted by Crippen LogP contribution is -2.47. The van der Waals surface area contributed by atoms with Crippen LogP contribution in [0.2, 0.25) is 0 Å². The summed E-state index contributed by atoms with van der Waals surface area (Å²) >= 11 is 0. The second-order valence-electron chi connectivity index (χ2n) is 9.30. The maximum Gasteiger partial charge on any atom is 0.0682 e. The van der Waals surface area contributed by atoms with Crippen molar-refractivity contribution in [1.82, 2.24) is 14.7 Å². The fourth-order valence-electron chi connectivity index (χ4n) is 5.47. The number of para-hydroxylation sites is 1. The van der Waals surface area contributed by atoms with Crippen molar-refractivity contribution in [3.8, 4) is 0 Å². The van der Waals surface area contributed by atoms with Crippen LogP contribution >= 0.6 is 0 Å². The fraction of sp³-hybridized carbons (Fsp3) is 0.696. The molecule has 0 amide bonds. The smallest absolute Gasteiger partial charge is 0.0682 e. The number of hydrogen-bond acceptors (Lipinski definition) is 3. The van der Waals surface area contributed by atoms with Crippen molar-refractivity contribution in [2.24, 2.45) is 11.8 Å². The molecule has 0 spiro atoms. The third-order valence-corrected chi connectivity index (χ3v) is 7.19. The number of fused-ring (bicyclic) bond motifs is 3. The van der Waals surface area contributed by atoms with Gasteiger partial charge in [0.05, 0.1) is 17.8 Å². The van der Waals surface area contributed by atoms with Crippen LogP contribution in [0.15, 0.2) is 30.5 Å². The lowest BCUT2D eigenvalue weighted by molar-refractivity contribution is -0.0449. The summed E-state index contributed by atoms with van der Waals surface area (Å²) < 4.78 is 8.50. The molecule has 1 aromatic carbocycles. The second kappa shape index (κ2) is 7.56. The molecule has 27 heavy (non-hydrogen) atoms. The minimum atomic E-state index is 0.518. The van der Waals surface area contributed by atoms with Gasteiger partial charge < -0.3 is 4.74 Å². The van der Waals surface area contributed by atoms with Crippen molar-refractivity contribution >= 4 is 10.9 Å². The summed E-state index contributed by atoms with van der Waals surface area (Å²) in [4.78, 5) is 2.81. The number of ether oxygens (including phenoxy) is 1. The summed E-state index contributed by atoms with van der Waals surface area (Å²) in [5, 5.41) is 5.87. The van der Waals surface area contributed by atoms with Crippen LogP contribution in [0.3, 0.4) is 0 Å². The normalized spacial score (nSPS) is 29.9. The van der Waals surface area contributed by atoms with Crippen LogP contribution in [-0.2, 0) is 11.3 Å². The van der Waals surface area contributed by atoms with E-state index in [1.807, 2.05) is 6.20 Å². The molecule has 2 aliphatic heterocycles. The molecular formula is C23H33N3O. The van der Waals surface area contributed by atoms with Gasteiger partial charge in [0.25, 0.3) is 0 Å². The third-order valence-electron chi connectivity index (χ3n) is 7.19. The molecule has 2 bridgehead atoms. The maximum absolute atomic E-state index is 6.31. The second-order valence-corrected chi connectivity index (χ2v) is 9.30. The van der Waals surface area contributed by atoms with Gasteiger partial charge >= 0.3 is 0 Å². The Morgan fingerprint density at radius 2 is 1.85 bits per heavy atom. The van der Waals surface area contributed by atoms with Crippen LogP contribution in [0, 0.1) is 11.8 Å². The van der Waals surface area contributed by atoms with Crippen molar-refractivity contribution in [3.05, 3.63) is 30.5 Å². The molecule has 3 atom stereocenters. The van der Waals surface area contributed by atoms with Crippen molar-refractivity contribution in [2.75, 3.05) is 13.2 Å². The van der Waals surface area contributed by atoms with Gasteiger partial charge in [-0.05, 0) is 56.4 Å². The van der Waals surface area contributed by atoms with E-state index in [9.17, 15) is 0 Å². The van der Waals surface area contributed by atoms with Gasteiger partial charge in [-0.15, -0.1) is 0 Å². The van der Waals surface area contributed by atoms with Crippen molar-refractivity contribution < 1.29 is 4.74 Å². The van der Waals surface area contributed by atoms with Gasteiger partial charge in [-0.3, -0.25) is 9.58 Å². The van der Waals surface area contributed by atoms with Crippen molar-refractivity contribution in [2.45, 2.75) is 76.6 Å². The quantitative estimate of drug-likeness (QED) is 0.722. The van der Waals surface area contributed by atoms with E-state index in [0.29, 0.717) is 12.0 Å². The topological polar surface area (TPSA) is 30.3 Å². The van der Waals surface area contributed by atoms with Gasteiger partial charge in [0.2, 0.25) is 0 Å². The van der Waals surface area contributed by atoms with E-state index in [1.165, 1.54) is 62.4 Å². The first-order chi connectivity index (χ1) is 13.3. The summed E-state index contributed by atoms with van der Waals surface area (Å²) in [5.74, 6) is 1.48. The molecule has 2 saturated heterocycles. The summed E-state index contributed by atoms with van der Waals surface area (Å²) in [6.07, 6.45) is 12.0. The molecule has 1 aromatic heterocycles. The van der Waals surface area contributed by atoms with Gasteiger partial charge in [0.15, 0.2) is 0 Å². The molecule has 4 heteroatoms. The highest BCUT2D eigenvalue weighted by Crippen LogP contribution is 2.38. The monoisotopic (exact) mass is 367 g/mol. The van der Waals surface area contributed by atoms with E-state index >= 15 is 0 Å². The van der Waals surface area contributed by atoms with Gasteiger partial charge in [0, 0.05) is 37.2 Å². The molecule has 3 aliphatic rings. The van der Waals surface area contributed by atoms with Gasteiger partial charge in [0.1, 0.15) is 0 Å². The van der Waals surface area contributed by atoms with E-state index in [0.717, 1.165) is 31.2 Å². The molecular weight excluding hydrogens is 334 g/mol. The Morgan fingerprint density at radius 1 is 1.07 bits per heavy atom. The molecule has 146 valence electrons. The zero-order chi connectivity index (χ0) is 18.2. The van der Waals surface area contributed by atoms with Crippen LogP contribution in [0.25, 0.3) is 10.9 Å². The lowest BCUT2D eigenvalue weighted by atomic mass is 9.86. The highest BCUT2D eigenvalue weighted by Gasteiger charge is 2.41. The molecule has 3 fully saturated rings. The molecule has 0 radical (unpaired) electrons. The van der Waals surface area contributed by atoms with Crippen molar-refractivity contribution in [3.63, 3.8) is 0 Å². The van der Waals surface area contributed by atoms with E-state index in [-0.39, 0.29) is 0 Å². The average Bonchev–Trinajstić information content (AvgIpc) is 3.12. The molecule has 4 nitrogen and oxygen atoms in total. The number of hydrogen-bond donors (Lipinski definition) is 0. The maximum atomic E-state index is 6.31. The molecule has 3 heterocycles. The average molecular weight is 368 g/mol. The molecule has 2 aromatic rings. The lowest BCUT2D eigenvalue weighted by Gasteiger charge is -2.40. The van der Waals surface area contributed by atoms with E-state index in [4.69, 9.17) is 4.74 Å². The minimum Gasteiger partial charge on any atom is -0.378 e. The summed E-state index contributed by atoms with van der Waals surface area (Å²) in [7, 11) is 0. The van der Waals surface area contributed by atoms with Gasteiger partial charge in [-0.1, -0.05) is 31.5 Å². The summed E-state index contributed by atoms with van der Waals surface area (Å²) in [5.41, 5.74) is 1.26. The predicted octanol–water partition coefficient (Wildman–Crippen LogP) is 4.48. The number of piperidine rings is 1. The van der Waals surface area contributed by atoms with Gasteiger partial charge in [-0.25, -0.2) is 0 Å². The zero-order valence-corrected chi connectivity index (χ0v) is 16.6. The Bertz CT molecular complexity index is 754. The van der Waals surface area contributed by atoms with Crippen LogP contribution in [0.5, 0.6) is 0 Å². The minimum absolute atomic E-state index is 0.518. The van der Waals surface area contributed by atoms with E-state index in [1.54, 1.807) is 0 Å². The molecule has 1 aliphatic carbocycles. The first-order valence-corrected chi connectivity index (χ1v) is 11.0. The first-order valence-electron chi connectivity index (χ1n) is 11.0. The SMILES string of the molecule is CC(CN1C2CCC1CC(OCC1CCC1)C2)Cn1ncc2ccccc21. The number of benzene rings is 1. The molecule has 5 rings (SSSR count). The predicted molar refractivity (Wildman–Crippen MR) is 109 cm³/mol. The van der Waals surface area contributed by atoms with E-state index < -0.39 is 0 Å². The Hall–Kier alpha value is -1.39.